The van der Waals surface area contributed by atoms with Crippen molar-refractivity contribution in [2.45, 2.75) is 6.29 Å². The van der Waals surface area contributed by atoms with Crippen molar-refractivity contribution >= 4 is 40.5 Å². The molecule has 0 aliphatic carbocycles. The molecule has 0 heterocycles. The first-order valence-corrected chi connectivity index (χ1v) is 5.66. The molecule has 0 aliphatic rings. The Hall–Kier alpha value is -0.190. The van der Waals surface area contributed by atoms with E-state index in [-0.39, 0.29) is 6.29 Å². The molecule has 0 bridgehead atoms. The van der Waals surface area contributed by atoms with E-state index in [1.54, 1.807) is 26.4 Å². The fourth-order valence-corrected chi connectivity index (χ4v) is 2.11. The van der Waals surface area contributed by atoms with Crippen LogP contribution < -0.4 is 5.32 Å². The van der Waals surface area contributed by atoms with Crippen molar-refractivity contribution in [2.24, 2.45) is 0 Å². The molecule has 90 valence electrons. The second kappa shape index (κ2) is 6.52. The highest BCUT2D eigenvalue weighted by atomic mass is 35.5. The van der Waals surface area contributed by atoms with Gasteiger partial charge in [0.15, 0.2) is 6.29 Å². The Balaban J connectivity index is 2.74. The molecule has 3 nitrogen and oxygen atoms in total. The maximum absolute atomic E-state index is 5.99. The zero-order chi connectivity index (χ0) is 12.1. The number of rotatable bonds is 5. The van der Waals surface area contributed by atoms with Crippen molar-refractivity contribution in [1.82, 2.24) is 0 Å². The lowest BCUT2D eigenvalue weighted by molar-refractivity contribution is -0.0914. The van der Waals surface area contributed by atoms with E-state index in [4.69, 9.17) is 44.3 Å². The fourth-order valence-electron chi connectivity index (χ4n) is 1.16. The zero-order valence-electron chi connectivity index (χ0n) is 8.89. The van der Waals surface area contributed by atoms with Crippen LogP contribution in [0.15, 0.2) is 12.1 Å². The van der Waals surface area contributed by atoms with E-state index in [2.05, 4.69) is 5.32 Å². The number of hydrogen-bond donors (Lipinski definition) is 1. The van der Waals surface area contributed by atoms with Crippen molar-refractivity contribution in [1.29, 1.82) is 0 Å². The summed E-state index contributed by atoms with van der Waals surface area (Å²) in [6.07, 6.45) is -0.359. The second-order valence-electron chi connectivity index (χ2n) is 3.03. The van der Waals surface area contributed by atoms with E-state index in [1.807, 2.05) is 0 Å². The molecular weight excluding hydrogens is 272 g/mol. The summed E-state index contributed by atoms with van der Waals surface area (Å²) in [6.45, 7) is 0.439. The third kappa shape index (κ3) is 3.68. The van der Waals surface area contributed by atoms with Gasteiger partial charge in [-0.1, -0.05) is 34.8 Å². The van der Waals surface area contributed by atoms with Crippen molar-refractivity contribution in [3.8, 4) is 0 Å². The maximum Gasteiger partial charge on any atom is 0.173 e. The van der Waals surface area contributed by atoms with Crippen LogP contribution in [-0.4, -0.2) is 27.1 Å². The molecular formula is C10H12Cl3NO2. The van der Waals surface area contributed by atoms with Gasteiger partial charge < -0.3 is 14.8 Å². The number of nitrogens with one attached hydrogen (secondary N) is 1. The zero-order valence-corrected chi connectivity index (χ0v) is 11.2. The van der Waals surface area contributed by atoms with Crippen LogP contribution >= 0.6 is 34.8 Å². The van der Waals surface area contributed by atoms with E-state index >= 15 is 0 Å². The predicted octanol–water partition coefficient (Wildman–Crippen LogP) is 3.68. The predicted molar refractivity (Wildman–Crippen MR) is 67.8 cm³/mol. The average molecular weight is 285 g/mol. The molecule has 1 aromatic carbocycles. The van der Waals surface area contributed by atoms with Crippen LogP contribution in [0.3, 0.4) is 0 Å². The first kappa shape index (κ1) is 13.9. The molecule has 0 radical (unpaired) electrons. The van der Waals surface area contributed by atoms with Crippen molar-refractivity contribution < 1.29 is 9.47 Å². The van der Waals surface area contributed by atoms with Gasteiger partial charge >= 0.3 is 0 Å². The van der Waals surface area contributed by atoms with Gasteiger partial charge in [0.1, 0.15) is 0 Å². The molecule has 0 spiro atoms. The first-order chi connectivity index (χ1) is 7.58. The SMILES string of the molecule is COC(CNc1c(Cl)cc(Cl)cc1Cl)OC. The van der Waals surface area contributed by atoms with Crippen LogP contribution in [0.1, 0.15) is 0 Å². The summed E-state index contributed by atoms with van der Waals surface area (Å²) >= 11 is 17.8. The molecule has 0 fully saturated rings. The van der Waals surface area contributed by atoms with Gasteiger partial charge in [0, 0.05) is 19.2 Å². The molecule has 0 saturated carbocycles. The number of methoxy groups -OCH3 is 2. The highest BCUT2D eigenvalue weighted by molar-refractivity contribution is 6.41. The maximum atomic E-state index is 5.99. The summed E-state index contributed by atoms with van der Waals surface area (Å²) in [4.78, 5) is 0. The van der Waals surface area contributed by atoms with Gasteiger partial charge in [-0.2, -0.15) is 0 Å². The van der Waals surface area contributed by atoms with Crippen LogP contribution in [0, 0.1) is 0 Å². The molecule has 0 amide bonds. The van der Waals surface area contributed by atoms with Crippen LogP contribution in [0.4, 0.5) is 5.69 Å². The van der Waals surface area contributed by atoms with Gasteiger partial charge in [0.05, 0.1) is 22.3 Å². The Kier molecular flexibility index (Phi) is 5.66. The molecule has 1 N–H and O–H groups in total. The average Bonchev–Trinajstić information content (AvgIpc) is 2.22. The standard InChI is InChI=1S/C10H12Cl3NO2/c1-15-9(16-2)5-14-10-7(12)3-6(11)4-8(10)13/h3-4,9,14H,5H2,1-2H3. The summed E-state index contributed by atoms with van der Waals surface area (Å²) in [7, 11) is 3.11. The number of halogens is 3. The van der Waals surface area contributed by atoms with Crippen molar-refractivity contribution in [3.63, 3.8) is 0 Å². The molecule has 16 heavy (non-hydrogen) atoms. The highest BCUT2D eigenvalue weighted by Crippen LogP contribution is 2.33. The van der Waals surface area contributed by atoms with Crippen LogP contribution in [0.2, 0.25) is 15.1 Å². The molecule has 6 heteroatoms. The summed E-state index contributed by atoms with van der Waals surface area (Å²) in [6, 6.07) is 3.23. The number of ether oxygens (including phenoxy) is 2. The van der Waals surface area contributed by atoms with Crippen molar-refractivity contribution in [2.75, 3.05) is 26.1 Å². The third-order valence-electron chi connectivity index (χ3n) is 1.98. The Morgan fingerprint density at radius 2 is 1.62 bits per heavy atom. The number of benzene rings is 1. The minimum atomic E-state index is -0.359. The lowest BCUT2D eigenvalue weighted by Gasteiger charge is -2.16. The smallest absolute Gasteiger partial charge is 0.173 e. The Bertz CT molecular complexity index is 333. The third-order valence-corrected chi connectivity index (χ3v) is 2.79. The molecule has 0 unspecified atom stereocenters. The number of anilines is 1. The van der Waals surface area contributed by atoms with E-state index < -0.39 is 0 Å². The quantitative estimate of drug-likeness (QED) is 0.837. The topological polar surface area (TPSA) is 30.5 Å². The second-order valence-corrected chi connectivity index (χ2v) is 4.28. The van der Waals surface area contributed by atoms with Crippen LogP contribution in [-0.2, 0) is 9.47 Å². The summed E-state index contributed by atoms with van der Waals surface area (Å²) < 4.78 is 10.1. The van der Waals surface area contributed by atoms with Crippen molar-refractivity contribution in [3.05, 3.63) is 27.2 Å². The molecule has 0 atom stereocenters. The molecule has 0 saturated heterocycles. The van der Waals surface area contributed by atoms with E-state index in [0.29, 0.717) is 27.3 Å². The molecule has 1 rings (SSSR count). The first-order valence-electron chi connectivity index (χ1n) is 4.52. The highest BCUT2D eigenvalue weighted by Gasteiger charge is 2.10. The van der Waals surface area contributed by atoms with Gasteiger partial charge in [0.25, 0.3) is 0 Å². The Labute approximate surface area is 110 Å². The Morgan fingerprint density at radius 3 is 2.06 bits per heavy atom. The molecule has 1 aromatic rings. The van der Waals surface area contributed by atoms with E-state index in [0.717, 1.165) is 0 Å². The van der Waals surface area contributed by atoms with E-state index in [9.17, 15) is 0 Å². The minimum absolute atomic E-state index is 0.359. The van der Waals surface area contributed by atoms with Gasteiger partial charge in [-0.05, 0) is 12.1 Å². The van der Waals surface area contributed by atoms with E-state index in [1.165, 1.54) is 0 Å². The van der Waals surface area contributed by atoms with Gasteiger partial charge in [0.2, 0.25) is 0 Å². The summed E-state index contributed by atoms with van der Waals surface area (Å²) in [5, 5.41) is 4.46. The van der Waals surface area contributed by atoms with Gasteiger partial charge in [-0.15, -0.1) is 0 Å². The summed E-state index contributed by atoms with van der Waals surface area (Å²) in [5.41, 5.74) is 0.617. The lowest BCUT2D eigenvalue weighted by atomic mass is 10.3. The normalized spacial score (nSPS) is 10.9. The van der Waals surface area contributed by atoms with Gasteiger partial charge in [-0.3, -0.25) is 0 Å². The van der Waals surface area contributed by atoms with Crippen LogP contribution in [0.25, 0.3) is 0 Å². The molecule has 0 aliphatic heterocycles. The minimum Gasteiger partial charge on any atom is -0.378 e. The number of hydrogen-bond acceptors (Lipinski definition) is 3. The van der Waals surface area contributed by atoms with Crippen LogP contribution in [0.5, 0.6) is 0 Å². The monoisotopic (exact) mass is 283 g/mol. The fraction of sp³-hybridized carbons (Fsp3) is 0.400. The molecule has 0 aromatic heterocycles. The summed E-state index contributed by atoms with van der Waals surface area (Å²) in [5.74, 6) is 0. The van der Waals surface area contributed by atoms with Gasteiger partial charge in [-0.25, -0.2) is 0 Å². The lowest BCUT2D eigenvalue weighted by Crippen LogP contribution is -2.23. The largest absolute Gasteiger partial charge is 0.378 e. The Morgan fingerprint density at radius 1 is 1.12 bits per heavy atom.